The zero-order valence-electron chi connectivity index (χ0n) is 6.66. The minimum atomic E-state index is -0.0996. The first-order chi connectivity index (χ1) is 5.66. The second-order valence-electron chi connectivity index (χ2n) is 2.27. The number of hydrogen-bond acceptors (Lipinski definition) is 3. The molecule has 0 aliphatic heterocycles. The van der Waals surface area contributed by atoms with Gasteiger partial charge in [-0.15, -0.1) is 11.8 Å². The molecule has 12 heavy (non-hydrogen) atoms. The minimum Gasteiger partial charge on any atom is -0.507 e. The van der Waals surface area contributed by atoms with Crippen LogP contribution >= 0.6 is 11.8 Å². The maximum Gasteiger partial charge on any atom is 0.127 e. The fourth-order valence-corrected chi connectivity index (χ4v) is 1.59. The second kappa shape index (κ2) is 3.49. The molecule has 3 nitrogen and oxygen atoms in total. The zero-order valence-corrected chi connectivity index (χ0v) is 7.48. The van der Waals surface area contributed by atoms with Gasteiger partial charge in [-0.2, -0.15) is 0 Å². The van der Waals surface area contributed by atoms with Crippen LogP contribution in [0.25, 0.3) is 0 Å². The highest BCUT2D eigenvalue weighted by Crippen LogP contribution is 2.26. The van der Waals surface area contributed by atoms with E-state index in [-0.39, 0.29) is 11.6 Å². The molecule has 1 aromatic rings. The fraction of sp³-hybridized carbons (Fsp3) is 0.125. The summed E-state index contributed by atoms with van der Waals surface area (Å²) in [6.07, 6.45) is 1.88. The third-order valence-electron chi connectivity index (χ3n) is 1.49. The Morgan fingerprint density at radius 2 is 2.25 bits per heavy atom. The predicted octanol–water partition coefficient (Wildman–Crippen LogP) is 1.40. The summed E-state index contributed by atoms with van der Waals surface area (Å²) in [7, 11) is 0. The normalized spacial score (nSPS) is 9.75. The Hall–Kier alpha value is -1.16. The van der Waals surface area contributed by atoms with Crippen molar-refractivity contribution >= 4 is 17.6 Å². The molecule has 0 amide bonds. The van der Waals surface area contributed by atoms with Crippen molar-refractivity contribution in [1.29, 1.82) is 5.41 Å². The van der Waals surface area contributed by atoms with Crippen molar-refractivity contribution in [3.63, 3.8) is 0 Å². The molecule has 4 heteroatoms. The van der Waals surface area contributed by atoms with Crippen LogP contribution in [-0.2, 0) is 0 Å². The predicted molar refractivity (Wildman–Crippen MR) is 50.9 cm³/mol. The smallest absolute Gasteiger partial charge is 0.127 e. The molecule has 0 aromatic heterocycles. The SMILES string of the molecule is CSc1cccc(O)c1C(=N)N. The summed E-state index contributed by atoms with van der Waals surface area (Å²) in [5, 5.41) is 16.6. The fourth-order valence-electron chi connectivity index (χ4n) is 0.960. The number of rotatable bonds is 2. The molecular weight excluding hydrogens is 172 g/mol. The van der Waals surface area contributed by atoms with E-state index in [0.29, 0.717) is 5.56 Å². The first-order valence-electron chi connectivity index (χ1n) is 3.37. The van der Waals surface area contributed by atoms with Crippen molar-refractivity contribution in [2.24, 2.45) is 5.73 Å². The Labute approximate surface area is 75.1 Å². The number of aromatic hydroxyl groups is 1. The van der Waals surface area contributed by atoms with Crippen LogP contribution in [0.15, 0.2) is 23.1 Å². The molecular formula is C8H10N2OS. The van der Waals surface area contributed by atoms with E-state index in [1.165, 1.54) is 17.8 Å². The lowest BCUT2D eigenvalue weighted by Gasteiger charge is -2.06. The first-order valence-corrected chi connectivity index (χ1v) is 4.59. The lowest BCUT2D eigenvalue weighted by atomic mass is 10.2. The third kappa shape index (κ3) is 1.53. The van der Waals surface area contributed by atoms with Crippen molar-refractivity contribution in [1.82, 2.24) is 0 Å². The first kappa shape index (κ1) is 8.93. The maximum atomic E-state index is 9.36. The Morgan fingerprint density at radius 3 is 2.67 bits per heavy atom. The molecule has 0 aliphatic rings. The van der Waals surface area contributed by atoms with Gasteiger partial charge in [-0.25, -0.2) is 0 Å². The number of thioether (sulfide) groups is 1. The van der Waals surface area contributed by atoms with Crippen molar-refractivity contribution in [2.45, 2.75) is 4.90 Å². The average Bonchev–Trinajstić information content (AvgIpc) is 2.03. The van der Waals surface area contributed by atoms with Gasteiger partial charge >= 0.3 is 0 Å². The van der Waals surface area contributed by atoms with Gasteiger partial charge in [0.05, 0.1) is 5.56 Å². The van der Waals surface area contributed by atoms with E-state index in [1.807, 2.05) is 12.3 Å². The number of nitrogens with two attached hydrogens (primary N) is 1. The quantitative estimate of drug-likeness (QED) is 0.368. The van der Waals surface area contributed by atoms with E-state index in [0.717, 1.165) is 4.90 Å². The number of nitrogens with one attached hydrogen (secondary N) is 1. The lowest BCUT2D eigenvalue weighted by molar-refractivity contribution is 0.472. The van der Waals surface area contributed by atoms with E-state index < -0.39 is 0 Å². The standard InChI is InChI=1S/C8H10N2OS/c1-12-6-4-2-3-5(11)7(6)8(9)10/h2-4,11H,1H3,(H3,9,10). The van der Waals surface area contributed by atoms with Crippen LogP contribution in [0.5, 0.6) is 5.75 Å². The number of hydrogen-bond donors (Lipinski definition) is 3. The molecule has 0 spiro atoms. The molecule has 0 radical (unpaired) electrons. The highest BCUT2D eigenvalue weighted by atomic mass is 32.2. The molecule has 1 aromatic carbocycles. The van der Waals surface area contributed by atoms with Crippen molar-refractivity contribution < 1.29 is 5.11 Å². The van der Waals surface area contributed by atoms with Crippen molar-refractivity contribution in [2.75, 3.05) is 6.26 Å². The summed E-state index contributed by atoms with van der Waals surface area (Å²) in [4.78, 5) is 0.822. The molecule has 1 rings (SSSR count). The van der Waals surface area contributed by atoms with Crippen LogP contribution in [0, 0.1) is 5.41 Å². The van der Waals surface area contributed by atoms with Crippen LogP contribution in [0.3, 0.4) is 0 Å². The summed E-state index contributed by atoms with van der Waals surface area (Å²) in [5.74, 6) is -0.0354. The Bertz CT molecular complexity index is 312. The topological polar surface area (TPSA) is 70.1 Å². The monoisotopic (exact) mass is 182 g/mol. The van der Waals surface area contributed by atoms with Crippen LogP contribution in [0.2, 0.25) is 0 Å². The minimum absolute atomic E-state index is 0.0642. The van der Waals surface area contributed by atoms with E-state index in [9.17, 15) is 5.11 Å². The van der Waals surface area contributed by atoms with Crippen molar-refractivity contribution in [3.05, 3.63) is 23.8 Å². The summed E-state index contributed by atoms with van der Waals surface area (Å²) in [6.45, 7) is 0. The Morgan fingerprint density at radius 1 is 1.58 bits per heavy atom. The molecule has 0 saturated heterocycles. The van der Waals surface area contributed by atoms with Crippen LogP contribution in [-0.4, -0.2) is 17.2 Å². The van der Waals surface area contributed by atoms with Gasteiger partial charge in [0.2, 0.25) is 0 Å². The second-order valence-corrected chi connectivity index (χ2v) is 3.12. The van der Waals surface area contributed by atoms with E-state index in [2.05, 4.69) is 0 Å². The molecule has 0 heterocycles. The zero-order chi connectivity index (χ0) is 9.14. The van der Waals surface area contributed by atoms with Gasteiger partial charge in [0.25, 0.3) is 0 Å². The Kier molecular flexibility index (Phi) is 2.60. The van der Waals surface area contributed by atoms with E-state index >= 15 is 0 Å². The van der Waals surface area contributed by atoms with Gasteiger partial charge in [-0.1, -0.05) is 6.07 Å². The molecule has 0 fully saturated rings. The van der Waals surface area contributed by atoms with Gasteiger partial charge in [-0.3, -0.25) is 5.41 Å². The molecule has 0 unspecified atom stereocenters. The van der Waals surface area contributed by atoms with Gasteiger partial charge in [-0.05, 0) is 18.4 Å². The van der Waals surface area contributed by atoms with Crippen LogP contribution in [0.1, 0.15) is 5.56 Å². The van der Waals surface area contributed by atoms with E-state index in [4.69, 9.17) is 11.1 Å². The summed E-state index contributed by atoms with van der Waals surface area (Å²) in [5.41, 5.74) is 5.72. The van der Waals surface area contributed by atoms with E-state index in [1.54, 1.807) is 6.07 Å². The largest absolute Gasteiger partial charge is 0.507 e. The highest BCUT2D eigenvalue weighted by Gasteiger charge is 2.08. The van der Waals surface area contributed by atoms with Gasteiger partial charge < -0.3 is 10.8 Å². The molecule has 0 bridgehead atoms. The third-order valence-corrected chi connectivity index (χ3v) is 2.27. The molecule has 4 N–H and O–H groups in total. The van der Waals surface area contributed by atoms with Crippen LogP contribution in [0.4, 0.5) is 0 Å². The number of phenolic OH excluding ortho intramolecular Hbond substituents is 1. The summed E-state index contributed by atoms with van der Waals surface area (Å²) in [6, 6.07) is 5.07. The highest BCUT2D eigenvalue weighted by molar-refractivity contribution is 7.98. The Balaban J connectivity index is 3.29. The average molecular weight is 182 g/mol. The van der Waals surface area contributed by atoms with Crippen molar-refractivity contribution in [3.8, 4) is 5.75 Å². The maximum absolute atomic E-state index is 9.36. The number of benzene rings is 1. The van der Waals surface area contributed by atoms with Gasteiger partial charge in [0.15, 0.2) is 0 Å². The molecule has 0 saturated carbocycles. The summed E-state index contributed by atoms with van der Waals surface area (Å²) >= 11 is 1.46. The van der Waals surface area contributed by atoms with Gasteiger partial charge in [0.1, 0.15) is 11.6 Å². The molecule has 64 valence electrons. The molecule has 0 aliphatic carbocycles. The van der Waals surface area contributed by atoms with Crippen LogP contribution < -0.4 is 5.73 Å². The summed E-state index contributed by atoms with van der Waals surface area (Å²) < 4.78 is 0. The lowest BCUT2D eigenvalue weighted by Crippen LogP contribution is -2.12. The number of nitrogen functional groups attached to an aromatic ring is 1. The number of phenols is 1. The van der Waals surface area contributed by atoms with Gasteiger partial charge in [0, 0.05) is 4.90 Å². The molecule has 0 atom stereocenters. The number of amidine groups is 1.